The largest absolute Gasteiger partial charge is 0.383 e. The molecular formula is C18H28N2O. The molecule has 0 spiro atoms. The highest BCUT2D eigenvalue weighted by atomic mass is 16.5. The number of likely N-dealkylation sites (N-methyl/N-ethyl adjacent to an activating group) is 1. The smallest absolute Gasteiger partial charge is 0.0589 e. The van der Waals surface area contributed by atoms with Gasteiger partial charge in [0.05, 0.1) is 6.61 Å². The predicted molar refractivity (Wildman–Crippen MR) is 86.4 cm³/mol. The molecule has 116 valence electrons. The Labute approximate surface area is 128 Å². The van der Waals surface area contributed by atoms with E-state index in [9.17, 15) is 0 Å². The molecule has 2 bridgehead atoms. The van der Waals surface area contributed by atoms with Gasteiger partial charge in [-0.05, 0) is 55.7 Å². The van der Waals surface area contributed by atoms with Gasteiger partial charge >= 0.3 is 0 Å². The second-order valence-corrected chi connectivity index (χ2v) is 6.76. The highest BCUT2D eigenvalue weighted by molar-refractivity contribution is 5.32. The van der Waals surface area contributed by atoms with Gasteiger partial charge in [-0.3, -0.25) is 4.90 Å². The van der Waals surface area contributed by atoms with Crippen molar-refractivity contribution >= 4 is 0 Å². The van der Waals surface area contributed by atoms with E-state index in [0.717, 1.165) is 19.7 Å². The van der Waals surface area contributed by atoms with Gasteiger partial charge in [0.15, 0.2) is 0 Å². The zero-order chi connectivity index (χ0) is 14.9. The molecule has 0 aromatic heterocycles. The van der Waals surface area contributed by atoms with Crippen LogP contribution in [-0.4, -0.2) is 44.3 Å². The van der Waals surface area contributed by atoms with E-state index < -0.39 is 0 Å². The van der Waals surface area contributed by atoms with Crippen LogP contribution in [0, 0.1) is 11.8 Å². The summed E-state index contributed by atoms with van der Waals surface area (Å²) in [6.45, 7) is 2.51. The number of benzene rings is 1. The molecule has 0 radical (unpaired) electrons. The van der Waals surface area contributed by atoms with E-state index in [0.29, 0.717) is 11.8 Å². The van der Waals surface area contributed by atoms with E-state index in [1.807, 2.05) is 0 Å². The molecule has 2 aliphatic rings. The molecule has 0 amide bonds. The topological polar surface area (TPSA) is 38.5 Å². The lowest BCUT2D eigenvalue weighted by molar-refractivity contribution is 0.0263. The Morgan fingerprint density at radius 2 is 1.76 bits per heavy atom. The minimum absolute atomic E-state index is 0.150. The van der Waals surface area contributed by atoms with Gasteiger partial charge in [-0.15, -0.1) is 0 Å². The number of nitrogens with two attached hydrogens (primary N) is 1. The second kappa shape index (κ2) is 6.07. The van der Waals surface area contributed by atoms with Crippen LogP contribution in [0.5, 0.6) is 0 Å². The van der Waals surface area contributed by atoms with Gasteiger partial charge in [-0.1, -0.05) is 24.3 Å². The summed E-state index contributed by atoms with van der Waals surface area (Å²) in [5, 5.41) is 0. The molecule has 1 aromatic rings. The summed E-state index contributed by atoms with van der Waals surface area (Å²) >= 11 is 0. The molecule has 2 atom stereocenters. The number of fused-ring (bicyclic) bond motifs is 3. The average Bonchev–Trinajstić information content (AvgIpc) is 2.76. The number of rotatable bonds is 5. The van der Waals surface area contributed by atoms with Crippen molar-refractivity contribution in [3.05, 3.63) is 35.4 Å². The molecular weight excluding hydrogens is 260 g/mol. The quantitative estimate of drug-likeness (QED) is 0.901. The molecule has 2 unspecified atom stereocenters. The third kappa shape index (κ3) is 2.41. The fourth-order valence-corrected chi connectivity index (χ4v) is 4.83. The van der Waals surface area contributed by atoms with E-state index in [2.05, 4.69) is 36.2 Å². The monoisotopic (exact) mass is 288 g/mol. The molecule has 1 aromatic carbocycles. The van der Waals surface area contributed by atoms with Crippen LogP contribution in [0.25, 0.3) is 0 Å². The third-order valence-electron chi connectivity index (χ3n) is 6.00. The molecule has 0 saturated heterocycles. The van der Waals surface area contributed by atoms with Crippen molar-refractivity contribution in [3.63, 3.8) is 0 Å². The maximum absolute atomic E-state index is 6.35. The third-order valence-corrected chi connectivity index (χ3v) is 6.00. The van der Waals surface area contributed by atoms with Crippen LogP contribution in [0.1, 0.15) is 24.0 Å². The zero-order valence-corrected chi connectivity index (χ0v) is 13.3. The van der Waals surface area contributed by atoms with Crippen LogP contribution in [-0.2, 0) is 17.6 Å². The minimum atomic E-state index is 0.150. The lowest BCUT2D eigenvalue weighted by atomic mass is 9.77. The summed E-state index contributed by atoms with van der Waals surface area (Å²) in [6.07, 6.45) is 4.99. The highest BCUT2D eigenvalue weighted by Gasteiger charge is 2.52. The van der Waals surface area contributed by atoms with E-state index in [-0.39, 0.29) is 5.54 Å². The van der Waals surface area contributed by atoms with Crippen LogP contribution in [0.15, 0.2) is 24.3 Å². The lowest BCUT2D eigenvalue weighted by Crippen LogP contribution is -2.59. The van der Waals surface area contributed by atoms with E-state index in [4.69, 9.17) is 10.5 Å². The molecule has 0 aliphatic heterocycles. The first-order chi connectivity index (χ1) is 10.2. The maximum Gasteiger partial charge on any atom is 0.0589 e. The first kappa shape index (κ1) is 15.0. The summed E-state index contributed by atoms with van der Waals surface area (Å²) < 4.78 is 5.29. The fourth-order valence-electron chi connectivity index (χ4n) is 4.83. The zero-order valence-electron chi connectivity index (χ0n) is 13.3. The van der Waals surface area contributed by atoms with Gasteiger partial charge in [-0.25, -0.2) is 0 Å². The SMILES string of the molecule is COCCN(C)C1(CN)C2CCC1Cc1ccccc1C2. The maximum atomic E-state index is 6.35. The minimum Gasteiger partial charge on any atom is -0.383 e. The first-order valence-corrected chi connectivity index (χ1v) is 8.19. The normalized spacial score (nSPS) is 31.2. The standard InChI is InChI=1S/C18H28N2O/c1-20(9-10-21-2)18(13-19)16-7-8-17(18)12-15-6-4-3-5-14(15)11-16/h3-6,16-17H,7-13,19H2,1-2H3. The summed E-state index contributed by atoms with van der Waals surface area (Å²) in [4.78, 5) is 2.50. The van der Waals surface area contributed by atoms with Crippen LogP contribution in [0.3, 0.4) is 0 Å². The summed E-state index contributed by atoms with van der Waals surface area (Å²) in [6, 6.07) is 8.98. The second-order valence-electron chi connectivity index (χ2n) is 6.76. The number of hydrogen-bond donors (Lipinski definition) is 1. The van der Waals surface area contributed by atoms with Crippen molar-refractivity contribution in [2.75, 3.05) is 33.9 Å². The van der Waals surface area contributed by atoms with E-state index in [1.165, 1.54) is 25.7 Å². The van der Waals surface area contributed by atoms with Crippen LogP contribution >= 0.6 is 0 Å². The molecule has 1 saturated carbocycles. The molecule has 1 fully saturated rings. The number of hydrogen-bond acceptors (Lipinski definition) is 3. The van der Waals surface area contributed by atoms with Crippen molar-refractivity contribution in [2.24, 2.45) is 17.6 Å². The van der Waals surface area contributed by atoms with Crippen LogP contribution in [0.2, 0.25) is 0 Å². The van der Waals surface area contributed by atoms with Crippen molar-refractivity contribution in [1.82, 2.24) is 4.90 Å². The van der Waals surface area contributed by atoms with Gasteiger partial charge in [0.1, 0.15) is 0 Å². The Morgan fingerprint density at radius 3 is 2.24 bits per heavy atom. The Bertz CT molecular complexity index is 455. The molecule has 0 heterocycles. The number of nitrogens with zero attached hydrogens (tertiary/aromatic N) is 1. The Morgan fingerprint density at radius 1 is 1.19 bits per heavy atom. The molecule has 21 heavy (non-hydrogen) atoms. The van der Waals surface area contributed by atoms with Gasteiger partial charge in [0.25, 0.3) is 0 Å². The van der Waals surface area contributed by atoms with E-state index in [1.54, 1.807) is 18.2 Å². The number of ether oxygens (including phenoxy) is 1. The number of methoxy groups -OCH3 is 1. The van der Waals surface area contributed by atoms with Crippen molar-refractivity contribution < 1.29 is 4.74 Å². The first-order valence-electron chi connectivity index (χ1n) is 8.19. The Hall–Kier alpha value is -0.900. The Kier molecular flexibility index (Phi) is 4.34. The Balaban J connectivity index is 1.92. The van der Waals surface area contributed by atoms with Crippen molar-refractivity contribution in [3.8, 4) is 0 Å². The lowest BCUT2D eigenvalue weighted by Gasteiger charge is -2.46. The van der Waals surface area contributed by atoms with Gasteiger partial charge < -0.3 is 10.5 Å². The van der Waals surface area contributed by atoms with E-state index >= 15 is 0 Å². The van der Waals surface area contributed by atoms with Crippen molar-refractivity contribution in [2.45, 2.75) is 31.2 Å². The molecule has 2 aliphatic carbocycles. The predicted octanol–water partition coefficient (Wildman–Crippen LogP) is 2.09. The molecule has 2 N–H and O–H groups in total. The van der Waals surface area contributed by atoms with Crippen LogP contribution < -0.4 is 5.73 Å². The molecule has 3 rings (SSSR count). The molecule has 3 nitrogen and oxygen atoms in total. The summed E-state index contributed by atoms with van der Waals surface area (Å²) in [5.41, 5.74) is 9.59. The van der Waals surface area contributed by atoms with Gasteiger partial charge in [-0.2, -0.15) is 0 Å². The summed E-state index contributed by atoms with van der Waals surface area (Å²) in [7, 11) is 4.02. The highest BCUT2D eigenvalue weighted by Crippen LogP contribution is 2.49. The summed E-state index contributed by atoms with van der Waals surface area (Å²) in [5.74, 6) is 1.36. The molecule has 3 heteroatoms. The average molecular weight is 288 g/mol. The van der Waals surface area contributed by atoms with Crippen LogP contribution in [0.4, 0.5) is 0 Å². The van der Waals surface area contributed by atoms with Gasteiger partial charge in [0.2, 0.25) is 0 Å². The van der Waals surface area contributed by atoms with Gasteiger partial charge in [0, 0.05) is 25.7 Å². The van der Waals surface area contributed by atoms with Crippen molar-refractivity contribution in [1.29, 1.82) is 0 Å². The fraction of sp³-hybridized carbons (Fsp3) is 0.667.